The molecule has 0 amide bonds. The van der Waals surface area contributed by atoms with Gasteiger partial charge in [-0.05, 0) is 30.2 Å². The van der Waals surface area contributed by atoms with Gasteiger partial charge in [-0.2, -0.15) is 4.31 Å². The van der Waals surface area contributed by atoms with Crippen LogP contribution in [0.2, 0.25) is 0 Å². The SMILES string of the molecule is CS(=O)(=O)N1CC=C(C2=C(N)NNC(c3ccccc3O)=C2)CC1. The summed E-state index contributed by atoms with van der Waals surface area (Å²) in [6, 6.07) is 7.01. The smallest absolute Gasteiger partial charge is 0.211 e. The minimum Gasteiger partial charge on any atom is -0.507 e. The Morgan fingerprint density at radius 1 is 1.25 bits per heavy atom. The van der Waals surface area contributed by atoms with Gasteiger partial charge in [0.05, 0.1) is 12.0 Å². The molecule has 1 aromatic rings. The third-order valence-electron chi connectivity index (χ3n) is 4.09. The number of hydrogen-bond donors (Lipinski definition) is 4. The summed E-state index contributed by atoms with van der Waals surface area (Å²) in [7, 11) is -3.19. The van der Waals surface area contributed by atoms with Crippen LogP contribution in [0.25, 0.3) is 5.70 Å². The molecular formula is C16H20N4O3S. The topological polar surface area (TPSA) is 108 Å². The Morgan fingerprint density at radius 2 is 2.00 bits per heavy atom. The highest BCUT2D eigenvalue weighted by Gasteiger charge is 2.23. The molecule has 0 unspecified atom stereocenters. The number of nitrogens with zero attached hydrogens (tertiary/aromatic N) is 1. The molecule has 3 rings (SSSR count). The second-order valence-electron chi connectivity index (χ2n) is 5.75. The fourth-order valence-electron chi connectivity index (χ4n) is 2.77. The summed E-state index contributed by atoms with van der Waals surface area (Å²) in [4.78, 5) is 0. The Hall–Kier alpha value is -2.45. The van der Waals surface area contributed by atoms with Crippen molar-refractivity contribution in [3.63, 3.8) is 0 Å². The molecule has 24 heavy (non-hydrogen) atoms. The van der Waals surface area contributed by atoms with Gasteiger partial charge in [-0.3, -0.25) is 10.9 Å². The molecule has 8 heteroatoms. The third kappa shape index (κ3) is 3.24. The number of aromatic hydroxyl groups is 1. The molecule has 0 atom stereocenters. The van der Waals surface area contributed by atoms with Gasteiger partial charge in [0.25, 0.3) is 0 Å². The lowest BCUT2D eigenvalue weighted by Gasteiger charge is -2.28. The summed E-state index contributed by atoms with van der Waals surface area (Å²) in [5.41, 5.74) is 15.0. The average Bonchev–Trinajstić information content (AvgIpc) is 2.55. The second-order valence-corrected chi connectivity index (χ2v) is 7.74. The van der Waals surface area contributed by atoms with Crippen molar-refractivity contribution in [3.8, 4) is 5.75 Å². The van der Waals surface area contributed by atoms with E-state index in [4.69, 9.17) is 5.73 Å². The minimum absolute atomic E-state index is 0.166. The number of hydrazine groups is 1. The van der Waals surface area contributed by atoms with Crippen LogP contribution in [0.15, 0.2) is 53.4 Å². The van der Waals surface area contributed by atoms with E-state index in [9.17, 15) is 13.5 Å². The largest absolute Gasteiger partial charge is 0.507 e. The van der Waals surface area contributed by atoms with Crippen LogP contribution in [0.1, 0.15) is 12.0 Å². The van der Waals surface area contributed by atoms with Gasteiger partial charge in [-0.25, -0.2) is 8.42 Å². The van der Waals surface area contributed by atoms with E-state index in [1.165, 1.54) is 10.6 Å². The molecule has 0 aliphatic carbocycles. The molecule has 2 aliphatic rings. The molecule has 7 nitrogen and oxygen atoms in total. The van der Waals surface area contributed by atoms with E-state index >= 15 is 0 Å². The molecule has 1 aromatic carbocycles. The van der Waals surface area contributed by atoms with Gasteiger partial charge < -0.3 is 10.8 Å². The van der Waals surface area contributed by atoms with Gasteiger partial charge >= 0.3 is 0 Å². The number of phenolic OH excluding ortho intramolecular Hbond substituents is 1. The normalized spacial score (nSPS) is 19.2. The average molecular weight is 348 g/mol. The molecule has 2 heterocycles. The zero-order valence-electron chi connectivity index (χ0n) is 13.3. The van der Waals surface area contributed by atoms with E-state index in [-0.39, 0.29) is 5.75 Å². The second kappa shape index (κ2) is 6.21. The van der Waals surface area contributed by atoms with E-state index in [0.717, 1.165) is 11.1 Å². The third-order valence-corrected chi connectivity index (χ3v) is 5.36. The summed E-state index contributed by atoms with van der Waals surface area (Å²) in [6.07, 6.45) is 5.53. The molecular weight excluding hydrogens is 328 g/mol. The zero-order chi connectivity index (χ0) is 17.3. The Balaban J connectivity index is 1.91. The summed E-state index contributed by atoms with van der Waals surface area (Å²) >= 11 is 0. The first-order valence-corrected chi connectivity index (χ1v) is 9.37. The molecule has 0 saturated carbocycles. The predicted molar refractivity (Wildman–Crippen MR) is 92.7 cm³/mol. The number of sulfonamides is 1. The number of nitrogens with two attached hydrogens (primary N) is 1. The Bertz CT molecular complexity index is 856. The lowest BCUT2D eigenvalue weighted by Crippen LogP contribution is -2.38. The number of hydrogen-bond acceptors (Lipinski definition) is 6. The maximum Gasteiger partial charge on any atom is 0.211 e. The van der Waals surface area contributed by atoms with Crippen LogP contribution in [0.3, 0.4) is 0 Å². The van der Waals surface area contributed by atoms with Gasteiger partial charge in [0, 0.05) is 24.2 Å². The van der Waals surface area contributed by atoms with Crippen LogP contribution in [0.4, 0.5) is 0 Å². The fourth-order valence-corrected chi connectivity index (χ4v) is 3.54. The van der Waals surface area contributed by atoms with Crippen molar-refractivity contribution in [2.75, 3.05) is 19.3 Å². The van der Waals surface area contributed by atoms with E-state index in [0.29, 0.717) is 36.6 Å². The number of allylic oxidation sites excluding steroid dienone is 2. The summed E-state index contributed by atoms with van der Waals surface area (Å²) in [5, 5.41) is 10.0. The molecule has 0 fully saturated rings. The maximum absolute atomic E-state index is 11.6. The van der Waals surface area contributed by atoms with Gasteiger partial charge in [0.15, 0.2) is 0 Å². The lowest BCUT2D eigenvalue weighted by atomic mass is 9.97. The number of phenols is 1. The highest BCUT2D eigenvalue weighted by molar-refractivity contribution is 7.88. The van der Waals surface area contributed by atoms with Gasteiger partial charge in [-0.15, -0.1) is 0 Å². The van der Waals surface area contributed by atoms with Crippen LogP contribution < -0.4 is 16.6 Å². The van der Waals surface area contributed by atoms with Crippen molar-refractivity contribution in [1.29, 1.82) is 0 Å². The van der Waals surface area contributed by atoms with Gasteiger partial charge in [-0.1, -0.05) is 18.2 Å². The number of rotatable bonds is 3. The Labute approximate surface area is 141 Å². The van der Waals surface area contributed by atoms with Gasteiger partial charge in [0.2, 0.25) is 10.0 Å². The summed E-state index contributed by atoms with van der Waals surface area (Å²) in [5.74, 6) is 0.631. The predicted octanol–water partition coefficient (Wildman–Crippen LogP) is 0.603. The number of para-hydroxylation sites is 1. The molecule has 0 spiro atoms. The quantitative estimate of drug-likeness (QED) is 0.637. The first-order chi connectivity index (χ1) is 11.4. The standard InChI is InChI=1S/C16H20N4O3S/c1-24(22,23)20-8-6-11(7-9-20)13-10-14(18-19-16(13)17)12-4-2-3-5-15(12)21/h2-6,10,18-19,21H,7-9,17H2,1H3. The highest BCUT2D eigenvalue weighted by Crippen LogP contribution is 2.29. The lowest BCUT2D eigenvalue weighted by molar-refractivity contribution is 0.436. The van der Waals surface area contributed by atoms with Crippen LogP contribution in [0.5, 0.6) is 5.75 Å². The summed E-state index contributed by atoms with van der Waals surface area (Å²) < 4.78 is 24.6. The molecule has 0 aromatic heterocycles. The van der Waals surface area contributed by atoms with Crippen molar-refractivity contribution >= 4 is 15.7 Å². The van der Waals surface area contributed by atoms with Crippen LogP contribution in [-0.4, -0.2) is 37.2 Å². The molecule has 128 valence electrons. The number of nitrogens with one attached hydrogen (secondary N) is 2. The molecule has 0 bridgehead atoms. The first-order valence-electron chi connectivity index (χ1n) is 7.52. The molecule has 5 N–H and O–H groups in total. The Morgan fingerprint density at radius 3 is 2.62 bits per heavy atom. The van der Waals surface area contributed by atoms with Crippen LogP contribution >= 0.6 is 0 Å². The fraction of sp³-hybridized carbons (Fsp3) is 0.250. The number of benzene rings is 1. The van der Waals surface area contributed by atoms with Crippen LogP contribution in [0, 0.1) is 0 Å². The van der Waals surface area contributed by atoms with E-state index in [2.05, 4.69) is 10.9 Å². The van der Waals surface area contributed by atoms with E-state index in [1.54, 1.807) is 18.2 Å². The molecule has 2 aliphatic heterocycles. The Kier molecular flexibility index (Phi) is 4.25. The summed E-state index contributed by atoms with van der Waals surface area (Å²) in [6.45, 7) is 0.757. The zero-order valence-corrected chi connectivity index (χ0v) is 14.1. The van der Waals surface area contributed by atoms with Crippen molar-refractivity contribution in [2.45, 2.75) is 6.42 Å². The first kappa shape index (κ1) is 16.4. The van der Waals surface area contributed by atoms with E-state index < -0.39 is 10.0 Å². The monoisotopic (exact) mass is 348 g/mol. The van der Waals surface area contributed by atoms with Crippen molar-refractivity contribution in [1.82, 2.24) is 15.2 Å². The van der Waals surface area contributed by atoms with Crippen molar-refractivity contribution in [2.24, 2.45) is 5.73 Å². The van der Waals surface area contributed by atoms with Crippen molar-refractivity contribution < 1.29 is 13.5 Å². The van der Waals surface area contributed by atoms with Gasteiger partial charge in [0.1, 0.15) is 11.6 Å². The van der Waals surface area contributed by atoms with Crippen molar-refractivity contribution in [3.05, 3.63) is 58.9 Å². The molecule has 0 saturated heterocycles. The minimum atomic E-state index is -3.19. The highest BCUT2D eigenvalue weighted by atomic mass is 32.2. The molecule has 0 radical (unpaired) electrons. The van der Waals surface area contributed by atoms with E-state index in [1.807, 2.05) is 18.2 Å². The van der Waals surface area contributed by atoms with Crippen LogP contribution in [-0.2, 0) is 10.0 Å². The maximum atomic E-state index is 11.6.